The van der Waals surface area contributed by atoms with Gasteiger partial charge in [-0.1, -0.05) is 19.1 Å². The lowest BCUT2D eigenvalue weighted by molar-refractivity contribution is 0.482. The highest BCUT2D eigenvalue weighted by atomic mass is 15.4. The van der Waals surface area contributed by atoms with E-state index in [2.05, 4.69) is 24.2 Å². The fraction of sp³-hybridized carbons (Fsp3) is 0.778. The second-order valence-corrected chi connectivity index (χ2v) is 3.66. The first-order valence-electron chi connectivity index (χ1n) is 4.55. The molecule has 0 bridgehead atoms. The molecule has 0 atom stereocenters. The van der Waals surface area contributed by atoms with Crippen LogP contribution in [0.1, 0.15) is 32.4 Å². The van der Waals surface area contributed by atoms with E-state index < -0.39 is 0 Å². The van der Waals surface area contributed by atoms with E-state index in [9.17, 15) is 0 Å². The molecule has 0 saturated carbocycles. The molecule has 0 N–H and O–H groups in total. The van der Waals surface area contributed by atoms with Crippen LogP contribution in [0.15, 0.2) is 6.20 Å². The Morgan fingerprint density at radius 1 is 1.50 bits per heavy atom. The van der Waals surface area contributed by atoms with Gasteiger partial charge in [0.05, 0.1) is 5.69 Å². The minimum absolute atomic E-state index is 0.787. The summed E-state index contributed by atoms with van der Waals surface area (Å²) in [6, 6.07) is 0. The molecule has 3 nitrogen and oxygen atoms in total. The minimum Gasteiger partial charge on any atom is -0.252 e. The van der Waals surface area contributed by atoms with Gasteiger partial charge in [-0.05, 0) is 25.7 Å². The summed E-state index contributed by atoms with van der Waals surface area (Å²) >= 11 is 0. The molecule has 68 valence electrons. The third-order valence-corrected chi connectivity index (χ3v) is 1.82. The molecule has 0 aliphatic carbocycles. The van der Waals surface area contributed by atoms with Gasteiger partial charge in [0.15, 0.2) is 0 Å². The lowest BCUT2D eigenvalue weighted by Gasteiger charge is -2.02. The van der Waals surface area contributed by atoms with Crippen molar-refractivity contribution in [2.24, 2.45) is 5.92 Å². The second kappa shape index (κ2) is 4.24. The summed E-state index contributed by atoms with van der Waals surface area (Å²) in [6.07, 6.45) is 4.44. The molecule has 0 aliphatic heterocycles. The molecule has 1 aromatic rings. The normalized spacial score (nSPS) is 11.0. The molecule has 0 aromatic carbocycles. The molecule has 1 heterocycles. The smallest absolute Gasteiger partial charge is 0.0796 e. The van der Waals surface area contributed by atoms with Crippen LogP contribution in [0.3, 0.4) is 0 Å². The van der Waals surface area contributed by atoms with Gasteiger partial charge >= 0.3 is 0 Å². The van der Waals surface area contributed by atoms with Crippen LogP contribution in [0.4, 0.5) is 0 Å². The van der Waals surface area contributed by atoms with E-state index in [1.165, 1.54) is 12.8 Å². The molecule has 0 spiro atoms. The van der Waals surface area contributed by atoms with Gasteiger partial charge < -0.3 is 0 Å². The van der Waals surface area contributed by atoms with Gasteiger partial charge in [-0.15, -0.1) is 5.10 Å². The van der Waals surface area contributed by atoms with Crippen molar-refractivity contribution in [3.05, 3.63) is 11.9 Å². The third-order valence-electron chi connectivity index (χ3n) is 1.82. The van der Waals surface area contributed by atoms with Crippen molar-refractivity contribution in [2.45, 2.75) is 40.2 Å². The first kappa shape index (κ1) is 9.23. The molecule has 0 radical (unpaired) electrons. The largest absolute Gasteiger partial charge is 0.252 e. The number of aryl methyl sites for hydroxylation is 2. The number of hydrogen-bond acceptors (Lipinski definition) is 2. The van der Waals surface area contributed by atoms with E-state index in [0.29, 0.717) is 0 Å². The van der Waals surface area contributed by atoms with Crippen LogP contribution >= 0.6 is 0 Å². The first-order chi connectivity index (χ1) is 5.68. The topological polar surface area (TPSA) is 30.7 Å². The van der Waals surface area contributed by atoms with Crippen LogP contribution in [0.2, 0.25) is 0 Å². The number of nitrogens with zero attached hydrogens (tertiary/aromatic N) is 3. The Labute approximate surface area is 73.8 Å². The Morgan fingerprint density at radius 2 is 2.25 bits per heavy atom. The lowest BCUT2D eigenvalue weighted by atomic mass is 10.1. The number of rotatable bonds is 4. The van der Waals surface area contributed by atoms with Crippen LogP contribution in [0.25, 0.3) is 0 Å². The third kappa shape index (κ3) is 3.03. The van der Waals surface area contributed by atoms with E-state index in [1.807, 2.05) is 17.8 Å². The molecule has 1 aromatic heterocycles. The first-order valence-corrected chi connectivity index (χ1v) is 4.55. The van der Waals surface area contributed by atoms with Gasteiger partial charge in [-0.3, -0.25) is 4.68 Å². The van der Waals surface area contributed by atoms with Crippen molar-refractivity contribution in [3.8, 4) is 0 Å². The molecule has 0 fully saturated rings. The second-order valence-electron chi connectivity index (χ2n) is 3.66. The van der Waals surface area contributed by atoms with Crippen LogP contribution in [0.5, 0.6) is 0 Å². The van der Waals surface area contributed by atoms with E-state index in [1.54, 1.807) is 0 Å². The van der Waals surface area contributed by atoms with Crippen LogP contribution in [0, 0.1) is 12.8 Å². The van der Waals surface area contributed by atoms with Crippen LogP contribution < -0.4 is 0 Å². The van der Waals surface area contributed by atoms with Crippen molar-refractivity contribution < 1.29 is 0 Å². The summed E-state index contributed by atoms with van der Waals surface area (Å²) in [7, 11) is 0. The molecule has 3 heteroatoms. The Morgan fingerprint density at radius 3 is 2.75 bits per heavy atom. The standard InChI is InChI=1S/C9H17N3/c1-8(2)5-4-6-12-7-9(3)10-11-12/h7-8H,4-6H2,1-3H3. The van der Waals surface area contributed by atoms with E-state index in [-0.39, 0.29) is 0 Å². The zero-order valence-corrected chi connectivity index (χ0v) is 8.12. The molecular weight excluding hydrogens is 150 g/mol. The summed E-state index contributed by atoms with van der Waals surface area (Å²) < 4.78 is 1.91. The molecule has 0 saturated heterocycles. The fourth-order valence-electron chi connectivity index (χ4n) is 1.17. The number of aromatic nitrogens is 3. The minimum atomic E-state index is 0.787. The Hall–Kier alpha value is -0.860. The quantitative estimate of drug-likeness (QED) is 0.687. The summed E-state index contributed by atoms with van der Waals surface area (Å²) in [4.78, 5) is 0. The Bertz CT molecular complexity index is 227. The van der Waals surface area contributed by atoms with E-state index >= 15 is 0 Å². The van der Waals surface area contributed by atoms with Crippen molar-refractivity contribution in [1.29, 1.82) is 0 Å². The SMILES string of the molecule is Cc1cn(CCCC(C)C)nn1. The highest BCUT2D eigenvalue weighted by Crippen LogP contribution is 2.04. The molecular formula is C9H17N3. The number of hydrogen-bond donors (Lipinski definition) is 0. The van der Waals surface area contributed by atoms with Crippen LogP contribution in [-0.4, -0.2) is 15.0 Å². The average molecular weight is 167 g/mol. The predicted molar refractivity (Wildman–Crippen MR) is 48.8 cm³/mol. The summed E-state index contributed by atoms with van der Waals surface area (Å²) in [5.41, 5.74) is 1.000. The Kier molecular flexibility index (Phi) is 3.26. The van der Waals surface area contributed by atoms with Gasteiger partial charge in [0.25, 0.3) is 0 Å². The molecule has 1 rings (SSSR count). The van der Waals surface area contributed by atoms with Gasteiger partial charge in [0.2, 0.25) is 0 Å². The van der Waals surface area contributed by atoms with Crippen molar-refractivity contribution in [2.75, 3.05) is 0 Å². The summed E-state index contributed by atoms with van der Waals surface area (Å²) in [5, 5.41) is 7.91. The van der Waals surface area contributed by atoms with Crippen molar-refractivity contribution in [3.63, 3.8) is 0 Å². The van der Waals surface area contributed by atoms with E-state index in [4.69, 9.17) is 0 Å². The maximum absolute atomic E-state index is 3.98. The van der Waals surface area contributed by atoms with Gasteiger partial charge in [-0.2, -0.15) is 0 Å². The fourth-order valence-corrected chi connectivity index (χ4v) is 1.17. The highest BCUT2D eigenvalue weighted by Gasteiger charge is 1.97. The highest BCUT2D eigenvalue weighted by molar-refractivity contribution is 4.86. The van der Waals surface area contributed by atoms with Gasteiger partial charge in [-0.25, -0.2) is 0 Å². The molecule has 0 amide bonds. The predicted octanol–water partition coefficient (Wildman–Crippen LogP) is 2.02. The maximum atomic E-state index is 3.98. The summed E-state index contributed by atoms with van der Waals surface area (Å²) in [6.45, 7) is 7.45. The lowest BCUT2D eigenvalue weighted by Crippen LogP contribution is -2.00. The molecule has 0 aliphatic rings. The Balaban J connectivity index is 2.24. The maximum Gasteiger partial charge on any atom is 0.0796 e. The summed E-state index contributed by atoms with van der Waals surface area (Å²) in [5.74, 6) is 0.787. The molecule has 0 unspecified atom stereocenters. The zero-order chi connectivity index (χ0) is 8.97. The zero-order valence-electron chi connectivity index (χ0n) is 8.12. The van der Waals surface area contributed by atoms with Gasteiger partial charge in [0, 0.05) is 12.7 Å². The van der Waals surface area contributed by atoms with E-state index in [0.717, 1.165) is 18.2 Å². The van der Waals surface area contributed by atoms with Crippen molar-refractivity contribution >= 4 is 0 Å². The molecule has 12 heavy (non-hydrogen) atoms. The van der Waals surface area contributed by atoms with Crippen LogP contribution in [-0.2, 0) is 6.54 Å². The van der Waals surface area contributed by atoms with Gasteiger partial charge in [0.1, 0.15) is 0 Å². The average Bonchev–Trinajstić information content (AvgIpc) is 2.35. The van der Waals surface area contributed by atoms with Crippen molar-refractivity contribution in [1.82, 2.24) is 15.0 Å². The monoisotopic (exact) mass is 167 g/mol.